The van der Waals surface area contributed by atoms with Crippen LogP contribution in [-0.4, -0.2) is 57.4 Å². The lowest BCUT2D eigenvalue weighted by Crippen LogP contribution is -2.14. The van der Waals surface area contributed by atoms with E-state index in [9.17, 15) is 25.3 Å². The van der Waals surface area contributed by atoms with E-state index in [4.69, 9.17) is 9.11 Å². The minimum absolute atomic E-state index is 0.102. The smallest absolute Gasteiger partial charge is 0.264 e. The van der Waals surface area contributed by atoms with Crippen molar-refractivity contribution < 1.29 is 34.4 Å². The van der Waals surface area contributed by atoms with Gasteiger partial charge in [-0.3, -0.25) is 9.11 Å². The topological polar surface area (TPSA) is 143 Å². The maximum absolute atomic E-state index is 11.3. The first-order valence-electron chi connectivity index (χ1n) is 4.69. The summed E-state index contributed by atoms with van der Waals surface area (Å²) in [5, 5.41) is 0. The van der Waals surface area contributed by atoms with E-state index in [0.29, 0.717) is 0 Å². The molecule has 0 aliphatic heterocycles. The molecule has 0 spiro atoms. The van der Waals surface area contributed by atoms with Crippen molar-refractivity contribution in [2.75, 3.05) is 23.0 Å². The molecule has 0 aromatic rings. The van der Waals surface area contributed by atoms with Crippen LogP contribution < -0.4 is 0 Å². The highest BCUT2D eigenvalue weighted by molar-refractivity contribution is 8.61. The molecule has 2 unspecified atom stereocenters. The van der Waals surface area contributed by atoms with Gasteiger partial charge in [0.05, 0.1) is 11.5 Å². The summed E-state index contributed by atoms with van der Waals surface area (Å²) in [5.74, 6) is -1.47. The predicted octanol–water partition coefficient (Wildman–Crippen LogP) is -1.05. The Kier molecular flexibility index (Phi) is 7.70. The second-order valence-corrected chi connectivity index (χ2v) is 10.7. The van der Waals surface area contributed by atoms with Gasteiger partial charge in [0.15, 0.2) is 0 Å². The van der Waals surface area contributed by atoms with Gasteiger partial charge in [0.2, 0.25) is 0 Å². The van der Waals surface area contributed by atoms with Crippen LogP contribution in [0.1, 0.15) is 12.8 Å². The fourth-order valence-electron chi connectivity index (χ4n) is 0.904. The standard InChI is InChI=1S/C6H14O8S4/c7-15(3-1-5-17(9,10)11)16(8)4-2-6-18(12,13)14/h1-6H2,(H,9,10,11)(H,12,13,14). The number of hydrogen-bond donors (Lipinski definition) is 2. The molecule has 0 amide bonds. The largest absolute Gasteiger partial charge is 0.286 e. The van der Waals surface area contributed by atoms with Crippen molar-refractivity contribution in [1.82, 2.24) is 0 Å². The lowest BCUT2D eigenvalue weighted by atomic mass is 10.6. The molecule has 12 heteroatoms. The number of hydrogen-bond acceptors (Lipinski definition) is 6. The van der Waals surface area contributed by atoms with Crippen molar-refractivity contribution in [3.63, 3.8) is 0 Å². The SMILES string of the molecule is O=S(CCCS(=O)(=O)O)S(=O)CCCS(=O)(=O)O. The molecule has 0 rings (SSSR count). The first-order valence-corrected chi connectivity index (χ1v) is 11.1. The van der Waals surface area contributed by atoms with Crippen LogP contribution in [0.3, 0.4) is 0 Å². The third-order valence-electron chi connectivity index (χ3n) is 1.63. The van der Waals surface area contributed by atoms with E-state index in [1.807, 2.05) is 0 Å². The van der Waals surface area contributed by atoms with Crippen LogP contribution >= 0.6 is 0 Å². The summed E-state index contributed by atoms with van der Waals surface area (Å²) >= 11 is 0. The van der Waals surface area contributed by atoms with Gasteiger partial charge in [-0.15, -0.1) is 0 Å². The van der Waals surface area contributed by atoms with E-state index in [1.165, 1.54) is 0 Å². The van der Waals surface area contributed by atoms with Gasteiger partial charge >= 0.3 is 0 Å². The summed E-state index contributed by atoms with van der Waals surface area (Å²) in [5.41, 5.74) is 0. The highest BCUT2D eigenvalue weighted by atomic mass is 33.1. The summed E-state index contributed by atoms with van der Waals surface area (Å²) in [4.78, 5) is 0. The predicted molar refractivity (Wildman–Crippen MR) is 68.1 cm³/mol. The normalized spacial score (nSPS) is 16.3. The molecule has 18 heavy (non-hydrogen) atoms. The molecule has 0 aliphatic rings. The number of rotatable bonds is 9. The maximum atomic E-state index is 11.3. The molecule has 0 radical (unpaired) electrons. The van der Waals surface area contributed by atoms with Gasteiger partial charge in [-0.1, -0.05) is 0 Å². The van der Waals surface area contributed by atoms with Crippen LogP contribution in [0.25, 0.3) is 0 Å². The average molecular weight is 342 g/mol. The molecular formula is C6H14O8S4. The Labute approximate surface area is 110 Å². The zero-order chi connectivity index (χ0) is 14.4. The molecule has 0 heterocycles. The van der Waals surface area contributed by atoms with Crippen molar-refractivity contribution in [2.24, 2.45) is 0 Å². The van der Waals surface area contributed by atoms with Crippen LogP contribution in [0.15, 0.2) is 0 Å². The fraction of sp³-hybridized carbons (Fsp3) is 1.00. The first-order chi connectivity index (χ1) is 8.01. The molecular weight excluding hydrogens is 328 g/mol. The third-order valence-corrected chi connectivity index (χ3v) is 7.15. The van der Waals surface area contributed by atoms with Gasteiger partial charge in [0, 0.05) is 11.5 Å². The molecule has 0 aromatic carbocycles. The monoisotopic (exact) mass is 342 g/mol. The molecule has 0 saturated carbocycles. The maximum Gasteiger partial charge on any atom is 0.264 e. The second kappa shape index (κ2) is 7.65. The van der Waals surface area contributed by atoms with Gasteiger partial charge in [0.25, 0.3) is 20.2 Å². The quantitative estimate of drug-likeness (QED) is 0.399. The van der Waals surface area contributed by atoms with Crippen LogP contribution in [0.5, 0.6) is 0 Å². The van der Waals surface area contributed by atoms with E-state index in [2.05, 4.69) is 0 Å². The van der Waals surface area contributed by atoms with Crippen molar-refractivity contribution >= 4 is 39.9 Å². The zero-order valence-electron chi connectivity index (χ0n) is 9.22. The van der Waals surface area contributed by atoms with Crippen LogP contribution in [0.2, 0.25) is 0 Å². The highest BCUT2D eigenvalue weighted by Gasteiger charge is 2.13. The Morgan fingerprint density at radius 2 is 1.00 bits per heavy atom. The van der Waals surface area contributed by atoms with Gasteiger partial charge < -0.3 is 0 Å². The summed E-state index contributed by atoms with van der Waals surface area (Å²) < 4.78 is 80.8. The zero-order valence-corrected chi connectivity index (χ0v) is 12.5. The van der Waals surface area contributed by atoms with E-state index in [-0.39, 0.29) is 24.3 Å². The van der Waals surface area contributed by atoms with E-state index in [1.54, 1.807) is 0 Å². The lowest BCUT2D eigenvalue weighted by Gasteiger charge is -2.01. The van der Waals surface area contributed by atoms with Crippen molar-refractivity contribution in [3.05, 3.63) is 0 Å². The summed E-state index contributed by atoms with van der Waals surface area (Å²) in [7, 11) is -11.9. The van der Waals surface area contributed by atoms with Crippen molar-refractivity contribution in [3.8, 4) is 0 Å². The first kappa shape index (κ1) is 18.1. The van der Waals surface area contributed by atoms with Gasteiger partial charge in [0.1, 0.15) is 19.7 Å². The molecule has 110 valence electrons. The van der Waals surface area contributed by atoms with E-state index >= 15 is 0 Å². The Bertz CT molecular complexity index is 456. The Balaban J connectivity index is 3.95. The second-order valence-electron chi connectivity index (χ2n) is 3.29. The van der Waals surface area contributed by atoms with Gasteiger partial charge in [-0.05, 0) is 12.8 Å². The molecule has 0 fully saturated rings. The van der Waals surface area contributed by atoms with Crippen molar-refractivity contribution in [2.45, 2.75) is 12.8 Å². The minimum Gasteiger partial charge on any atom is -0.286 e. The molecule has 2 atom stereocenters. The summed E-state index contributed by atoms with van der Waals surface area (Å²) in [6.45, 7) is 0. The molecule has 2 N–H and O–H groups in total. The average Bonchev–Trinajstić information content (AvgIpc) is 2.13. The van der Waals surface area contributed by atoms with Crippen LogP contribution in [-0.2, 0) is 39.9 Å². The third kappa shape index (κ3) is 11.2. The van der Waals surface area contributed by atoms with Gasteiger partial charge in [-0.25, -0.2) is 8.42 Å². The van der Waals surface area contributed by atoms with Crippen LogP contribution in [0, 0.1) is 0 Å². The molecule has 0 saturated heterocycles. The Morgan fingerprint density at radius 1 is 0.722 bits per heavy atom. The lowest BCUT2D eigenvalue weighted by molar-refractivity contribution is 0.480. The van der Waals surface area contributed by atoms with E-state index < -0.39 is 51.4 Å². The van der Waals surface area contributed by atoms with Gasteiger partial charge in [-0.2, -0.15) is 16.8 Å². The Hall–Kier alpha value is 0.120. The molecule has 0 bridgehead atoms. The molecule has 0 aromatic heterocycles. The highest BCUT2D eigenvalue weighted by Crippen LogP contribution is 2.00. The molecule has 0 aliphatic carbocycles. The van der Waals surface area contributed by atoms with E-state index in [0.717, 1.165) is 0 Å². The van der Waals surface area contributed by atoms with Crippen LogP contribution in [0.4, 0.5) is 0 Å². The summed E-state index contributed by atoms with van der Waals surface area (Å²) in [6.07, 6.45) is -0.203. The van der Waals surface area contributed by atoms with Crippen molar-refractivity contribution in [1.29, 1.82) is 0 Å². The molecule has 8 nitrogen and oxygen atoms in total. The Morgan fingerprint density at radius 3 is 1.22 bits per heavy atom. The summed E-state index contributed by atoms with van der Waals surface area (Å²) in [6, 6.07) is 0. The fourth-order valence-corrected chi connectivity index (χ4v) is 5.24. The minimum atomic E-state index is -4.13.